The van der Waals surface area contributed by atoms with Crippen molar-refractivity contribution in [3.05, 3.63) is 25.4 Å². The third kappa shape index (κ3) is 3.47. The quantitative estimate of drug-likeness (QED) is 0.498. The Hall–Kier alpha value is -0.720. The van der Waals surface area contributed by atoms with Gasteiger partial charge in [0.15, 0.2) is 0 Å². The van der Waals surface area contributed by atoms with Crippen LogP contribution in [0.2, 0.25) is 0 Å². The fraction of sp³-hybridized carbons (Fsp3) is 0.429. The fourth-order valence-electron chi connectivity index (χ4n) is 0.386. The van der Waals surface area contributed by atoms with Crippen LogP contribution in [0.1, 0.15) is 6.42 Å². The van der Waals surface area contributed by atoms with Crippen LogP contribution in [0.5, 0.6) is 0 Å². The van der Waals surface area contributed by atoms with Crippen LogP contribution in [0.25, 0.3) is 0 Å². The molecule has 1 heteroatoms. The highest BCUT2D eigenvalue weighted by molar-refractivity contribution is 4.72. The van der Waals surface area contributed by atoms with Gasteiger partial charge in [0.05, 0.1) is 0 Å². The van der Waals surface area contributed by atoms with Crippen LogP contribution in [0.15, 0.2) is 25.4 Å². The molecule has 0 aliphatic carbocycles. The maximum absolute atomic E-state index is 3.61. The van der Waals surface area contributed by atoms with Gasteiger partial charge in [-0.2, -0.15) is 0 Å². The zero-order valence-corrected chi connectivity index (χ0v) is 5.43. The highest BCUT2D eigenvalue weighted by Gasteiger charge is 1.82. The van der Waals surface area contributed by atoms with Crippen LogP contribution < -0.4 is 0 Å². The van der Waals surface area contributed by atoms with Crippen molar-refractivity contribution in [1.29, 1.82) is 0 Å². The smallest absolute Gasteiger partial charge is 0.0203 e. The van der Waals surface area contributed by atoms with Crippen molar-refractivity contribution >= 4 is 0 Å². The Kier molecular flexibility index (Phi) is 4.04. The van der Waals surface area contributed by atoms with Crippen LogP contribution in [-0.2, 0) is 0 Å². The summed E-state index contributed by atoms with van der Waals surface area (Å²) in [5.74, 6) is 0. The van der Waals surface area contributed by atoms with Crippen molar-refractivity contribution in [3.8, 4) is 0 Å². The lowest BCUT2D eigenvalue weighted by molar-refractivity contribution is 0.466. The lowest BCUT2D eigenvalue weighted by Crippen LogP contribution is -2.10. The van der Waals surface area contributed by atoms with Crippen LogP contribution in [0.3, 0.4) is 0 Å². The van der Waals surface area contributed by atoms with Gasteiger partial charge in [0, 0.05) is 13.6 Å². The topological polar surface area (TPSA) is 3.24 Å². The molecular formula is C7H13N. The summed E-state index contributed by atoms with van der Waals surface area (Å²) in [6.45, 7) is 8.23. The summed E-state index contributed by atoms with van der Waals surface area (Å²) in [6, 6.07) is 0. The minimum absolute atomic E-state index is 1.02. The lowest BCUT2D eigenvalue weighted by Gasteiger charge is -2.09. The van der Waals surface area contributed by atoms with Gasteiger partial charge in [-0.05, 0) is 12.6 Å². The van der Waals surface area contributed by atoms with Crippen molar-refractivity contribution in [2.45, 2.75) is 6.42 Å². The van der Waals surface area contributed by atoms with Gasteiger partial charge in [0.2, 0.25) is 0 Å². The number of rotatable bonds is 4. The van der Waals surface area contributed by atoms with E-state index in [0.29, 0.717) is 0 Å². The van der Waals surface area contributed by atoms with Crippen molar-refractivity contribution < 1.29 is 0 Å². The Morgan fingerprint density at radius 3 is 2.50 bits per heavy atom. The number of nitrogens with zero attached hydrogens (tertiary/aromatic N) is 1. The monoisotopic (exact) mass is 111 g/mol. The van der Waals surface area contributed by atoms with Gasteiger partial charge in [0.1, 0.15) is 0 Å². The van der Waals surface area contributed by atoms with Crippen LogP contribution >= 0.6 is 0 Å². The standard InChI is InChI=1S/C7H13N/c1-4-6-7-8(3)5-2/h4-5H,1-2,6-7H2,3H3. The molecule has 46 valence electrons. The van der Waals surface area contributed by atoms with E-state index in [1.165, 1.54) is 0 Å². The second-order valence-corrected chi connectivity index (χ2v) is 1.74. The average Bonchev–Trinajstić information content (AvgIpc) is 1.83. The summed E-state index contributed by atoms with van der Waals surface area (Å²) in [4.78, 5) is 2.03. The Balaban J connectivity index is 3.09. The second-order valence-electron chi connectivity index (χ2n) is 1.74. The van der Waals surface area contributed by atoms with Gasteiger partial charge in [-0.25, -0.2) is 0 Å². The van der Waals surface area contributed by atoms with Gasteiger partial charge >= 0.3 is 0 Å². The fourth-order valence-corrected chi connectivity index (χ4v) is 0.386. The molecule has 0 aromatic rings. The summed E-state index contributed by atoms with van der Waals surface area (Å²) in [7, 11) is 2.00. The highest BCUT2D eigenvalue weighted by atomic mass is 15.1. The van der Waals surface area contributed by atoms with Gasteiger partial charge in [-0.3, -0.25) is 0 Å². The maximum Gasteiger partial charge on any atom is 0.0203 e. The Bertz CT molecular complexity index is 76.5. The largest absolute Gasteiger partial charge is 0.381 e. The maximum atomic E-state index is 3.61. The van der Waals surface area contributed by atoms with Gasteiger partial charge in [0.25, 0.3) is 0 Å². The molecule has 0 aliphatic rings. The first-order chi connectivity index (χ1) is 3.81. The molecule has 0 radical (unpaired) electrons. The predicted octanol–water partition coefficient (Wildman–Crippen LogP) is 1.64. The van der Waals surface area contributed by atoms with E-state index in [1.54, 1.807) is 0 Å². The van der Waals surface area contributed by atoms with Gasteiger partial charge < -0.3 is 4.90 Å². The molecule has 0 saturated heterocycles. The molecule has 0 heterocycles. The SMILES string of the molecule is C=CCCN(C)C=C. The molecule has 0 aliphatic heterocycles. The normalized spacial score (nSPS) is 8.12. The molecule has 0 aromatic carbocycles. The molecular weight excluding hydrogens is 98.1 g/mol. The number of hydrogen-bond acceptors (Lipinski definition) is 1. The van der Waals surface area contributed by atoms with E-state index >= 15 is 0 Å². The van der Waals surface area contributed by atoms with E-state index in [2.05, 4.69) is 13.2 Å². The molecule has 0 amide bonds. The Morgan fingerprint density at radius 2 is 2.12 bits per heavy atom. The molecule has 0 rings (SSSR count). The third-order valence-corrected chi connectivity index (χ3v) is 0.998. The second kappa shape index (κ2) is 4.44. The van der Waals surface area contributed by atoms with Crippen molar-refractivity contribution in [2.24, 2.45) is 0 Å². The zero-order valence-electron chi connectivity index (χ0n) is 5.43. The van der Waals surface area contributed by atoms with Crippen molar-refractivity contribution in [3.63, 3.8) is 0 Å². The molecule has 0 aromatic heterocycles. The molecule has 1 nitrogen and oxygen atoms in total. The van der Waals surface area contributed by atoms with Crippen LogP contribution in [-0.4, -0.2) is 18.5 Å². The zero-order chi connectivity index (χ0) is 6.41. The first-order valence-corrected chi connectivity index (χ1v) is 2.75. The molecule has 0 saturated carbocycles. The third-order valence-electron chi connectivity index (χ3n) is 0.998. The molecule has 0 bridgehead atoms. The molecule has 0 N–H and O–H groups in total. The Morgan fingerprint density at radius 1 is 1.50 bits per heavy atom. The summed E-state index contributed by atoms with van der Waals surface area (Å²) in [6.07, 6.45) is 4.74. The van der Waals surface area contributed by atoms with E-state index in [4.69, 9.17) is 0 Å². The van der Waals surface area contributed by atoms with Crippen molar-refractivity contribution in [2.75, 3.05) is 13.6 Å². The first-order valence-electron chi connectivity index (χ1n) is 2.75. The molecule has 0 fully saturated rings. The van der Waals surface area contributed by atoms with E-state index in [9.17, 15) is 0 Å². The highest BCUT2D eigenvalue weighted by Crippen LogP contribution is 1.85. The van der Waals surface area contributed by atoms with E-state index in [0.717, 1.165) is 13.0 Å². The van der Waals surface area contributed by atoms with Gasteiger partial charge in [-0.15, -0.1) is 6.58 Å². The van der Waals surface area contributed by atoms with Crippen LogP contribution in [0.4, 0.5) is 0 Å². The number of hydrogen-bond donors (Lipinski definition) is 0. The molecule has 8 heavy (non-hydrogen) atoms. The Labute approximate surface area is 51.3 Å². The first kappa shape index (κ1) is 7.28. The molecule has 0 unspecified atom stereocenters. The average molecular weight is 111 g/mol. The van der Waals surface area contributed by atoms with Crippen LogP contribution in [0, 0.1) is 0 Å². The van der Waals surface area contributed by atoms with Crippen molar-refractivity contribution in [1.82, 2.24) is 4.90 Å². The molecule has 0 atom stereocenters. The minimum atomic E-state index is 1.02. The van der Waals surface area contributed by atoms with Gasteiger partial charge in [-0.1, -0.05) is 12.7 Å². The van der Waals surface area contributed by atoms with E-state index in [1.807, 2.05) is 24.2 Å². The predicted molar refractivity (Wildman–Crippen MR) is 37.6 cm³/mol. The summed E-state index contributed by atoms with van der Waals surface area (Å²) >= 11 is 0. The molecule has 0 spiro atoms. The van der Waals surface area contributed by atoms with E-state index in [-0.39, 0.29) is 0 Å². The van der Waals surface area contributed by atoms with E-state index < -0.39 is 0 Å². The summed E-state index contributed by atoms with van der Waals surface area (Å²) in [5, 5.41) is 0. The minimum Gasteiger partial charge on any atom is -0.381 e. The lowest BCUT2D eigenvalue weighted by atomic mass is 10.4. The summed E-state index contributed by atoms with van der Waals surface area (Å²) < 4.78 is 0. The summed E-state index contributed by atoms with van der Waals surface area (Å²) in [5.41, 5.74) is 0.